The first-order chi connectivity index (χ1) is 13.5. The monoisotopic (exact) mass is 380 g/mol. The molecule has 0 saturated carbocycles. The summed E-state index contributed by atoms with van der Waals surface area (Å²) in [5.41, 5.74) is 2.92. The van der Waals surface area contributed by atoms with E-state index in [1.54, 1.807) is 0 Å². The molecule has 1 atom stereocenters. The van der Waals surface area contributed by atoms with Crippen LogP contribution in [0, 0.1) is 6.92 Å². The fraction of sp³-hybridized carbons (Fsp3) is 0.273. The third-order valence-corrected chi connectivity index (χ3v) is 4.50. The van der Waals surface area contributed by atoms with E-state index >= 15 is 0 Å². The van der Waals surface area contributed by atoms with Gasteiger partial charge < -0.3 is 20.1 Å². The lowest BCUT2D eigenvalue weighted by molar-refractivity contribution is -0.136. The molecule has 0 radical (unpaired) electrons. The Hall–Kier alpha value is -3.28. The minimum Gasteiger partial charge on any atom is -0.466 e. The van der Waals surface area contributed by atoms with E-state index in [9.17, 15) is 9.59 Å². The summed E-state index contributed by atoms with van der Waals surface area (Å²) in [5.74, 6) is 0.969. The van der Waals surface area contributed by atoms with Gasteiger partial charge in [0.15, 0.2) is 0 Å². The predicted octanol–water partition coefficient (Wildman–Crippen LogP) is 4.37. The number of carbonyl (C=O) groups is 2. The molecule has 0 saturated heterocycles. The fourth-order valence-corrected chi connectivity index (χ4v) is 3.21. The van der Waals surface area contributed by atoms with Crippen LogP contribution in [0.3, 0.4) is 0 Å². The minimum absolute atomic E-state index is 0.332. The average Bonchev–Trinajstić information content (AvgIpc) is 2.68. The van der Waals surface area contributed by atoms with E-state index in [1.165, 1.54) is 7.11 Å². The third kappa shape index (κ3) is 4.34. The van der Waals surface area contributed by atoms with Gasteiger partial charge in [0.2, 0.25) is 0 Å². The number of rotatable bonds is 6. The van der Waals surface area contributed by atoms with Crippen molar-refractivity contribution in [3.05, 3.63) is 70.9 Å². The summed E-state index contributed by atoms with van der Waals surface area (Å²) in [7, 11) is 1.34. The molecule has 146 valence electrons. The number of hydrogen-bond acceptors (Lipinski definition) is 4. The van der Waals surface area contributed by atoms with Gasteiger partial charge in [-0.25, -0.2) is 9.59 Å². The van der Waals surface area contributed by atoms with Crippen LogP contribution in [0.25, 0.3) is 0 Å². The van der Waals surface area contributed by atoms with Crippen molar-refractivity contribution >= 4 is 12.0 Å². The van der Waals surface area contributed by atoms with Crippen molar-refractivity contribution in [3.8, 4) is 11.5 Å². The maximum absolute atomic E-state index is 12.4. The van der Waals surface area contributed by atoms with Gasteiger partial charge in [0.1, 0.15) is 11.5 Å². The first kappa shape index (κ1) is 19.5. The molecule has 2 N–H and O–H groups in total. The van der Waals surface area contributed by atoms with E-state index in [-0.39, 0.29) is 6.03 Å². The van der Waals surface area contributed by atoms with Gasteiger partial charge in [0.25, 0.3) is 0 Å². The predicted molar refractivity (Wildman–Crippen MR) is 106 cm³/mol. The molecule has 0 fully saturated rings. The summed E-state index contributed by atoms with van der Waals surface area (Å²) in [4.78, 5) is 24.5. The molecule has 1 unspecified atom stereocenters. The number of aryl methyl sites for hydroxylation is 1. The Morgan fingerprint density at radius 2 is 1.86 bits per heavy atom. The second kappa shape index (κ2) is 8.61. The van der Waals surface area contributed by atoms with Crippen LogP contribution in [0.2, 0.25) is 0 Å². The quantitative estimate of drug-likeness (QED) is 0.730. The van der Waals surface area contributed by atoms with Gasteiger partial charge >= 0.3 is 12.0 Å². The third-order valence-electron chi connectivity index (χ3n) is 4.50. The zero-order chi connectivity index (χ0) is 20.1. The molecule has 6 heteroatoms. The summed E-state index contributed by atoms with van der Waals surface area (Å²) in [6, 6.07) is 14.2. The molecule has 2 aromatic carbocycles. The molecule has 28 heavy (non-hydrogen) atoms. The van der Waals surface area contributed by atoms with Gasteiger partial charge in [-0.2, -0.15) is 0 Å². The Balaban J connectivity index is 1.89. The Morgan fingerprint density at radius 3 is 2.50 bits per heavy atom. The smallest absolute Gasteiger partial charge is 0.337 e. The number of hydrogen-bond donors (Lipinski definition) is 2. The van der Waals surface area contributed by atoms with Gasteiger partial charge in [-0.15, -0.1) is 0 Å². The zero-order valence-electron chi connectivity index (χ0n) is 16.2. The van der Waals surface area contributed by atoms with Crippen molar-refractivity contribution in [1.29, 1.82) is 0 Å². The molecular weight excluding hydrogens is 356 g/mol. The maximum atomic E-state index is 12.4. The van der Waals surface area contributed by atoms with Crippen molar-refractivity contribution in [2.75, 3.05) is 7.11 Å². The van der Waals surface area contributed by atoms with Crippen LogP contribution >= 0.6 is 0 Å². The number of esters is 1. The summed E-state index contributed by atoms with van der Waals surface area (Å²) in [6.07, 6.45) is 1.38. The second-order valence-electron chi connectivity index (χ2n) is 6.65. The van der Waals surface area contributed by atoms with Crippen molar-refractivity contribution in [1.82, 2.24) is 10.6 Å². The molecular formula is C22H24N2O4. The Labute approximate surface area is 164 Å². The van der Waals surface area contributed by atoms with Crippen molar-refractivity contribution < 1.29 is 19.1 Å². The molecule has 0 spiro atoms. The lowest BCUT2D eigenvalue weighted by atomic mass is 9.94. The van der Waals surface area contributed by atoms with Crippen LogP contribution in [-0.4, -0.2) is 19.1 Å². The normalized spacial score (nSPS) is 16.2. The molecule has 0 bridgehead atoms. The van der Waals surface area contributed by atoms with Gasteiger partial charge in [-0.3, -0.25) is 0 Å². The molecule has 0 aromatic heterocycles. The molecule has 1 aliphatic heterocycles. The number of benzene rings is 2. The van der Waals surface area contributed by atoms with E-state index in [1.807, 2.05) is 62.4 Å². The Morgan fingerprint density at radius 1 is 1.11 bits per heavy atom. The summed E-state index contributed by atoms with van der Waals surface area (Å²) >= 11 is 0. The Bertz CT molecular complexity index is 903. The first-order valence-electron chi connectivity index (χ1n) is 9.25. The maximum Gasteiger partial charge on any atom is 0.337 e. The van der Waals surface area contributed by atoms with E-state index in [0.29, 0.717) is 23.4 Å². The van der Waals surface area contributed by atoms with Crippen LogP contribution in [0.5, 0.6) is 11.5 Å². The van der Waals surface area contributed by atoms with Gasteiger partial charge in [0, 0.05) is 5.70 Å². The van der Waals surface area contributed by atoms with Crippen molar-refractivity contribution in [3.63, 3.8) is 0 Å². The number of carbonyl (C=O) groups excluding carboxylic acids is 2. The largest absolute Gasteiger partial charge is 0.466 e. The molecule has 2 amide bonds. The fourth-order valence-electron chi connectivity index (χ4n) is 3.21. The molecule has 1 aliphatic rings. The Kier molecular flexibility index (Phi) is 5.99. The standard InChI is InChI=1S/C22H24N2O4/c1-4-6-18-19(21(25)27-3)20(24-22(26)23-18)15-9-11-16(12-10-15)28-17-8-5-7-14(2)13-17/h5,7-13,20H,4,6H2,1-3H3,(H2,23,24,26). The van der Waals surface area contributed by atoms with Crippen LogP contribution < -0.4 is 15.4 Å². The van der Waals surface area contributed by atoms with Crippen LogP contribution in [0.4, 0.5) is 4.79 Å². The number of urea groups is 1. The second-order valence-corrected chi connectivity index (χ2v) is 6.65. The number of nitrogens with one attached hydrogen (secondary N) is 2. The van der Waals surface area contributed by atoms with Gasteiger partial charge in [-0.05, 0) is 48.7 Å². The summed E-state index contributed by atoms with van der Waals surface area (Å²) in [5, 5.41) is 5.55. The van der Waals surface area contributed by atoms with E-state index in [0.717, 1.165) is 23.3 Å². The molecule has 0 aliphatic carbocycles. The minimum atomic E-state index is -0.573. The van der Waals surface area contributed by atoms with Gasteiger partial charge in [0.05, 0.1) is 18.7 Å². The average molecular weight is 380 g/mol. The highest BCUT2D eigenvalue weighted by atomic mass is 16.5. The molecule has 1 heterocycles. The van der Waals surface area contributed by atoms with Crippen molar-refractivity contribution in [2.45, 2.75) is 32.7 Å². The lowest BCUT2D eigenvalue weighted by Crippen LogP contribution is -2.45. The lowest BCUT2D eigenvalue weighted by Gasteiger charge is -2.29. The van der Waals surface area contributed by atoms with Crippen LogP contribution in [-0.2, 0) is 9.53 Å². The topological polar surface area (TPSA) is 76.7 Å². The first-order valence-corrected chi connectivity index (χ1v) is 9.25. The molecule has 6 nitrogen and oxygen atoms in total. The molecule has 2 aromatic rings. The zero-order valence-corrected chi connectivity index (χ0v) is 16.2. The SMILES string of the molecule is CCCC1=C(C(=O)OC)C(c2ccc(Oc3cccc(C)c3)cc2)NC(=O)N1. The highest BCUT2D eigenvalue weighted by Gasteiger charge is 2.33. The van der Waals surface area contributed by atoms with E-state index < -0.39 is 12.0 Å². The highest BCUT2D eigenvalue weighted by molar-refractivity contribution is 5.95. The number of allylic oxidation sites excluding steroid dienone is 1. The van der Waals surface area contributed by atoms with Gasteiger partial charge in [-0.1, -0.05) is 37.6 Å². The summed E-state index contributed by atoms with van der Waals surface area (Å²) in [6.45, 7) is 3.99. The number of methoxy groups -OCH3 is 1. The number of ether oxygens (including phenoxy) is 2. The van der Waals surface area contributed by atoms with E-state index in [2.05, 4.69) is 10.6 Å². The number of amides is 2. The molecule has 3 rings (SSSR count). The van der Waals surface area contributed by atoms with Crippen molar-refractivity contribution in [2.24, 2.45) is 0 Å². The van der Waals surface area contributed by atoms with Crippen LogP contribution in [0.1, 0.15) is 36.9 Å². The summed E-state index contributed by atoms with van der Waals surface area (Å²) < 4.78 is 10.8. The van der Waals surface area contributed by atoms with E-state index in [4.69, 9.17) is 9.47 Å². The van der Waals surface area contributed by atoms with Crippen LogP contribution in [0.15, 0.2) is 59.8 Å². The highest BCUT2D eigenvalue weighted by Crippen LogP contribution is 2.31.